The molecule has 19 heavy (non-hydrogen) atoms. The van der Waals surface area contributed by atoms with Crippen molar-refractivity contribution >= 4 is 29.1 Å². The first-order valence-electron chi connectivity index (χ1n) is 6.63. The maximum atomic E-state index is 11.8. The normalized spacial score (nSPS) is 34.2. The van der Waals surface area contributed by atoms with Crippen molar-refractivity contribution in [2.24, 2.45) is 5.92 Å². The first kappa shape index (κ1) is 15.6. The monoisotopic (exact) mass is 308 g/mol. The van der Waals surface area contributed by atoms with Gasteiger partial charge in [0.15, 0.2) is 5.79 Å². The lowest BCUT2D eigenvalue weighted by molar-refractivity contribution is -0.140. The van der Waals surface area contributed by atoms with E-state index in [2.05, 4.69) is 0 Å². The van der Waals surface area contributed by atoms with Crippen LogP contribution in [0.2, 0.25) is 0 Å². The molecule has 1 N–H and O–H groups in total. The van der Waals surface area contributed by atoms with Crippen molar-refractivity contribution in [1.29, 1.82) is 0 Å². The van der Waals surface area contributed by atoms with E-state index in [9.17, 15) is 9.90 Å². The van der Waals surface area contributed by atoms with Crippen LogP contribution in [0.3, 0.4) is 0 Å². The maximum absolute atomic E-state index is 11.8. The molecule has 6 heteroatoms. The molecule has 0 spiro atoms. The van der Waals surface area contributed by atoms with E-state index < -0.39 is 17.3 Å². The van der Waals surface area contributed by atoms with E-state index in [1.54, 1.807) is 11.8 Å². The van der Waals surface area contributed by atoms with Crippen LogP contribution in [0.15, 0.2) is 0 Å². The third-order valence-corrected chi connectivity index (χ3v) is 5.07. The van der Waals surface area contributed by atoms with Crippen LogP contribution in [0.5, 0.6) is 0 Å². The van der Waals surface area contributed by atoms with Crippen LogP contribution in [0.25, 0.3) is 0 Å². The first-order chi connectivity index (χ1) is 8.89. The minimum Gasteiger partial charge on any atom is -0.391 e. The molecule has 110 valence electrons. The quantitative estimate of drug-likeness (QED) is 0.803. The van der Waals surface area contributed by atoms with E-state index in [4.69, 9.17) is 21.1 Å². The van der Waals surface area contributed by atoms with Gasteiger partial charge in [0.25, 0.3) is 0 Å². The molecule has 0 saturated carbocycles. The predicted molar refractivity (Wildman–Crippen MR) is 75.6 cm³/mol. The lowest BCUT2D eigenvalue weighted by atomic mass is 9.93. The minimum atomic E-state index is -0.797. The van der Waals surface area contributed by atoms with Crippen molar-refractivity contribution < 1.29 is 19.4 Å². The molecule has 2 aliphatic heterocycles. The Morgan fingerprint density at radius 1 is 1.58 bits per heavy atom. The third kappa shape index (κ3) is 4.08. The fourth-order valence-corrected chi connectivity index (χ4v) is 4.00. The van der Waals surface area contributed by atoms with Crippen LogP contribution in [0, 0.1) is 5.92 Å². The van der Waals surface area contributed by atoms with Gasteiger partial charge in [-0.2, -0.15) is 11.8 Å². The summed E-state index contributed by atoms with van der Waals surface area (Å²) in [5.41, 5.74) is 0. The van der Waals surface area contributed by atoms with Gasteiger partial charge < -0.3 is 14.6 Å². The molecule has 2 aliphatic rings. The SMILES string of the molecule is CC1(C)OCC(CC(Cl)C(O)C2CSCCC2=O)O1. The fourth-order valence-electron chi connectivity index (χ4n) is 2.47. The summed E-state index contributed by atoms with van der Waals surface area (Å²) in [6.45, 7) is 4.19. The molecular weight excluding hydrogens is 288 g/mol. The van der Waals surface area contributed by atoms with Crippen molar-refractivity contribution in [3.63, 3.8) is 0 Å². The average molecular weight is 309 g/mol. The van der Waals surface area contributed by atoms with Gasteiger partial charge in [0.2, 0.25) is 0 Å². The standard InChI is InChI=1S/C13H21ClO4S/c1-13(2)17-6-8(18-13)5-10(14)12(16)9-7-19-4-3-11(9)15/h8-10,12,16H,3-7H2,1-2H3. The lowest BCUT2D eigenvalue weighted by Gasteiger charge is -2.29. The van der Waals surface area contributed by atoms with Gasteiger partial charge in [0, 0.05) is 17.9 Å². The largest absolute Gasteiger partial charge is 0.391 e. The number of carbonyl (C=O) groups is 1. The van der Waals surface area contributed by atoms with Crippen LogP contribution in [-0.2, 0) is 14.3 Å². The van der Waals surface area contributed by atoms with Crippen LogP contribution in [0.4, 0.5) is 0 Å². The van der Waals surface area contributed by atoms with E-state index in [-0.39, 0.29) is 17.8 Å². The number of aliphatic hydroxyl groups excluding tert-OH is 1. The molecule has 0 aromatic rings. The third-order valence-electron chi connectivity index (χ3n) is 3.54. The molecular formula is C13H21ClO4S. The zero-order valence-electron chi connectivity index (χ0n) is 11.3. The van der Waals surface area contributed by atoms with E-state index in [0.29, 0.717) is 25.2 Å². The number of ketones is 1. The highest BCUT2D eigenvalue weighted by atomic mass is 35.5. The van der Waals surface area contributed by atoms with Crippen molar-refractivity contribution in [1.82, 2.24) is 0 Å². The van der Waals surface area contributed by atoms with Crippen LogP contribution in [0.1, 0.15) is 26.7 Å². The summed E-state index contributed by atoms with van der Waals surface area (Å²) in [5, 5.41) is 9.76. The van der Waals surface area contributed by atoms with Gasteiger partial charge in [-0.05, 0) is 20.3 Å². The molecule has 4 nitrogen and oxygen atoms in total. The van der Waals surface area contributed by atoms with Crippen molar-refractivity contribution in [2.75, 3.05) is 18.1 Å². The Hall–Kier alpha value is 0.190. The summed E-state index contributed by atoms with van der Waals surface area (Å²) >= 11 is 7.96. The molecule has 4 unspecified atom stereocenters. The van der Waals surface area contributed by atoms with Crippen molar-refractivity contribution in [2.45, 2.75) is 50.1 Å². The summed E-state index contributed by atoms with van der Waals surface area (Å²) in [5.74, 6) is 0.722. The topological polar surface area (TPSA) is 55.8 Å². The number of halogens is 1. The summed E-state index contributed by atoms with van der Waals surface area (Å²) in [7, 11) is 0. The predicted octanol–water partition coefficient (Wildman–Crippen LogP) is 1.82. The Bertz CT molecular complexity index is 337. The zero-order chi connectivity index (χ0) is 14.0. The Labute approximate surface area is 123 Å². The second-order valence-corrected chi connectivity index (χ2v) is 7.30. The van der Waals surface area contributed by atoms with Gasteiger partial charge in [-0.25, -0.2) is 0 Å². The Kier molecular flexibility index (Phi) is 5.17. The molecule has 2 saturated heterocycles. The van der Waals surface area contributed by atoms with Crippen LogP contribution < -0.4 is 0 Å². The van der Waals surface area contributed by atoms with Crippen molar-refractivity contribution in [3.8, 4) is 0 Å². The second kappa shape index (κ2) is 6.31. The van der Waals surface area contributed by atoms with Gasteiger partial charge in [-0.15, -0.1) is 11.6 Å². The molecule has 0 aliphatic carbocycles. The summed E-state index contributed by atoms with van der Waals surface area (Å²) < 4.78 is 11.1. The van der Waals surface area contributed by atoms with E-state index in [1.807, 2.05) is 13.8 Å². The second-order valence-electron chi connectivity index (χ2n) is 5.59. The molecule has 0 amide bonds. The molecule has 4 atom stereocenters. The van der Waals surface area contributed by atoms with Crippen LogP contribution in [-0.4, -0.2) is 52.4 Å². The molecule has 2 rings (SSSR count). The molecule has 0 aromatic carbocycles. The van der Waals surface area contributed by atoms with Gasteiger partial charge in [0.05, 0.1) is 30.1 Å². The van der Waals surface area contributed by atoms with Crippen molar-refractivity contribution in [3.05, 3.63) is 0 Å². The molecule has 2 fully saturated rings. The minimum absolute atomic E-state index is 0.113. The summed E-state index contributed by atoms with van der Waals surface area (Å²) in [4.78, 5) is 11.8. The van der Waals surface area contributed by atoms with Gasteiger partial charge in [0.1, 0.15) is 5.78 Å². The van der Waals surface area contributed by atoms with E-state index >= 15 is 0 Å². The maximum Gasteiger partial charge on any atom is 0.163 e. The number of aliphatic hydroxyl groups is 1. The van der Waals surface area contributed by atoms with Gasteiger partial charge in [-0.3, -0.25) is 4.79 Å². The number of thioether (sulfide) groups is 1. The van der Waals surface area contributed by atoms with E-state index in [0.717, 1.165) is 5.75 Å². The number of carbonyl (C=O) groups excluding carboxylic acids is 1. The zero-order valence-corrected chi connectivity index (χ0v) is 12.9. The highest BCUT2D eigenvalue weighted by Crippen LogP contribution is 2.30. The Morgan fingerprint density at radius 3 is 2.89 bits per heavy atom. The number of Topliss-reactive ketones (excluding diaryl/α,β-unsaturated/α-hetero) is 1. The molecule has 0 aromatic heterocycles. The number of hydrogen-bond acceptors (Lipinski definition) is 5. The number of alkyl halides is 1. The Morgan fingerprint density at radius 2 is 2.32 bits per heavy atom. The smallest absolute Gasteiger partial charge is 0.163 e. The fraction of sp³-hybridized carbons (Fsp3) is 0.923. The lowest BCUT2D eigenvalue weighted by Crippen LogP contribution is -2.40. The number of ether oxygens (including phenoxy) is 2. The van der Waals surface area contributed by atoms with Gasteiger partial charge in [-0.1, -0.05) is 0 Å². The van der Waals surface area contributed by atoms with Gasteiger partial charge >= 0.3 is 0 Å². The van der Waals surface area contributed by atoms with Crippen LogP contribution >= 0.6 is 23.4 Å². The summed E-state index contributed by atoms with van der Waals surface area (Å²) in [6.07, 6.45) is 0.125. The molecule has 0 bridgehead atoms. The Balaban J connectivity index is 1.85. The highest BCUT2D eigenvalue weighted by molar-refractivity contribution is 7.99. The van der Waals surface area contributed by atoms with E-state index in [1.165, 1.54) is 0 Å². The summed E-state index contributed by atoms with van der Waals surface area (Å²) in [6, 6.07) is 0. The average Bonchev–Trinajstić information content (AvgIpc) is 2.68. The number of rotatable bonds is 4. The first-order valence-corrected chi connectivity index (χ1v) is 8.22. The molecule has 0 radical (unpaired) electrons. The molecule has 2 heterocycles. The number of hydrogen-bond donors (Lipinski definition) is 1. The highest BCUT2D eigenvalue weighted by Gasteiger charge is 2.38.